The smallest absolute Gasteiger partial charge is 0.161 e. The molecule has 0 saturated heterocycles. The Hall–Kier alpha value is -7.36. The van der Waals surface area contributed by atoms with Crippen molar-refractivity contribution in [2.24, 2.45) is 0 Å². The largest absolute Gasteiger partial charge is 0.455 e. The van der Waals surface area contributed by atoms with Gasteiger partial charge in [0.15, 0.2) is 5.82 Å². The molecule has 0 bridgehead atoms. The van der Waals surface area contributed by atoms with Crippen LogP contribution in [0.5, 0.6) is 0 Å². The lowest BCUT2D eigenvalue weighted by Gasteiger charge is -2.15. The molecular weight excluding hydrogens is 669 g/mol. The Morgan fingerprint density at radius 2 is 0.945 bits per heavy atom. The topological polar surface area (TPSA) is 38.9 Å². The molecule has 0 spiro atoms. The number of furan rings is 1. The SMILES string of the molecule is c1ccc(-c2ccc(-c3cc(-c4cccc(-c5cccc6c5oc5ccccc56)c4)nc(-c4c5ccccc5cc5c4ccc4ccccc45)n3)cc2)cc1. The first kappa shape index (κ1) is 31.2. The molecule has 0 amide bonds. The number of para-hydroxylation sites is 2. The highest BCUT2D eigenvalue weighted by molar-refractivity contribution is 6.19. The summed E-state index contributed by atoms with van der Waals surface area (Å²) < 4.78 is 6.47. The minimum Gasteiger partial charge on any atom is -0.455 e. The van der Waals surface area contributed by atoms with Gasteiger partial charge in [-0.2, -0.15) is 0 Å². The van der Waals surface area contributed by atoms with E-state index in [1.807, 2.05) is 18.2 Å². The first-order valence-electron chi connectivity index (χ1n) is 18.6. The summed E-state index contributed by atoms with van der Waals surface area (Å²) >= 11 is 0. The first-order chi connectivity index (χ1) is 27.2. The van der Waals surface area contributed by atoms with Crippen LogP contribution in [0.15, 0.2) is 199 Å². The van der Waals surface area contributed by atoms with Gasteiger partial charge in [0.2, 0.25) is 0 Å². The first-order valence-corrected chi connectivity index (χ1v) is 18.6. The van der Waals surface area contributed by atoms with Gasteiger partial charge in [0.1, 0.15) is 11.2 Å². The van der Waals surface area contributed by atoms with Gasteiger partial charge in [-0.3, -0.25) is 0 Å². The van der Waals surface area contributed by atoms with Gasteiger partial charge in [-0.05, 0) is 73.3 Å². The van der Waals surface area contributed by atoms with Crippen molar-refractivity contribution in [1.29, 1.82) is 0 Å². The third-order valence-corrected chi connectivity index (χ3v) is 10.9. The van der Waals surface area contributed by atoms with Crippen molar-refractivity contribution in [2.45, 2.75) is 0 Å². The van der Waals surface area contributed by atoms with Crippen molar-refractivity contribution < 1.29 is 4.42 Å². The summed E-state index contributed by atoms with van der Waals surface area (Å²) in [5.41, 5.74) is 11.0. The Bertz CT molecular complexity index is 3250. The van der Waals surface area contributed by atoms with Gasteiger partial charge in [0.25, 0.3) is 0 Å². The van der Waals surface area contributed by atoms with E-state index in [0.717, 1.165) is 77.3 Å². The molecule has 2 aromatic heterocycles. The molecular formula is C52H32N2O. The molecule has 0 unspecified atom stereocenters. The van der Waals surface area contributed by atoms with Crippen LogP contribution in [-0.4, -0.2) is 9.97 Å². The molecule has 3 heteroatoms. The monoisotopic (exact) mass is 700 g/mol. The van der Waals surface area contributed by atoms with E-state index < -0.39 is 0 Å². The minimum atomic E-state index is 0.696. The highest BCUT2D eigenvalue weighted by Crippen LogP contribution is 2.41. The fraction of sp³-hybridized carbons (Fsp3) is 0. The van der Waals surface area contributed by atoms with Crippen LogP contribution in [0.25, 0.3) is 110 Å². The maximum atomic E-state index is 6.47. The zero-order valence-corrected chi connectivity index (χ0v) is 29.8. The van der Waals surface area contributed by atoms with Gasteiger partial charge in [0, 0.05) is 33.0 Å². The van der Waals surface area contributed by atoms with Crippen LogP contribution in [-0.2, 0) is 0 Å². The second-order valence-corrected chi connectivity index (χ2v) is 14.1. The summed E-state index contributed by atoms with van der Waals surface area (Å²) in [4.78, 5) is 10.8. The molecule has 0 N–H and O–H groups in total. The van der Waals surface area contributed by atoms with E-state index in [1.54, 1.807) is 0 Å². The number of fused-ring (bicyclic) bond motifs is 7. The van der Waals surface area contributed by atoms with E-state index in [2.05, 4.69) is 176 Å². The molecule has 11 rings (SSSR count). The molecule has 55 heavy (non-hydrogen) atoms. The Balaban J connectivity index is 1.14. The van der Waals surface area contributed by atoms with Crippen LogP contribution in [0.2, 0.25) is 0 Å². The summed E-state index contributed by atoms with van der Waals surface area (Å²) in [7, 11) is 0. The van der Waals surface area contributed by atoms with E-state index in [9.17, 15) is 0 Å². The lowest BCUT2D eigenvalue weighted by Crippen LogP contribution is -1.98. The van der Waals surface area contributed by atoms with Gasteiger partial charge in [0.05, 0.1) is 11.4 Å². The number of aromatic nitrogens is 2. The number of hydrogen-bond acceptors (Lipinski definition) is 3. The fourth-order valence-electron chi connectivity index (χ4n) is 8.20. The number of hydrogen-bond donors (Lipinski definition) is 0. The van der Waals surface area contributed by atoms with E-state index in [4.69, 9.17) is 14.4 Å². The second kappa shape index (κ2) is 12.6. The predicted octanol–water partition coefficient (Wildman–Crippen LogP) is 14.2. The molecule has 0 saturated carbocycles. The zero-order valence-electron chi connectivity index (χ0n) is 29.8. The van der Waals surface area contributed by atoms with Crippen LogP contribution in [0.1, 0.15) is 0 Å². The molecule has 0 fully saturated rings. The summed E-state index contributed by atoms with van der Waals surface area (Å²) in [6, 6.07) is 68.5. The fourth-order valence-corrected chi connectivity index (χ4v) is 8.20. The second-order valence-electron chi connectivity index (χ2n) is 14.1. The molecule has 256 valence electrons. The highest BCUT2D eigenvalue weighted by Gasteiger charge is 2.19. The van der Waals surface area contributed by atoms with Gasteiger partial charge in [-0.25, -0.2) is 9.97 Å². The lowest BCUT2D eigenvalue weighted by molar-refractivity contribution is 0.670. The Morgan fingerprint density at radius 3 is 1.80 bits per heavy atom. The average molecular weight is 701 g/mol. The average Bonchev–Trinajstić information content (AvgIpc) is 3.65. The molecule has 11 aromatic rings. The molecule has 3 nitrogen and oxygen atoms in total. The molecule has 0 atom stereocenters. The molecule has 9 aromatic carbocycles. The summed E-state index contributed by atoms with van der Waals surface area (Å²) in [5.74, 6) is 0.696. The maximum Gasteiger partial charge on any atom is 0.161 e. The number of benzene rings is 9. The van der Waals surface area contributed by atoms with Crippen LogP contribution in [0.3, 0.4) is 0 Å². The molecule has 0 radical (unpaired) electrons. The number of rotatable bonds is 5. The van der Waals surface area contributed by atoms with Crippen molar-refractivity contribution in [3.8, 4) is 56.2 Å². The summed E-state index contributed by atoms with van der Waals surface area (Å²) in [6.45, 7) is 0. The van der Waals surface area contributed by atoms with Gasteiger partial charge in [-0.1, -0.05) is 170 Å². The van der Waals surface area contributed by atoms with E-state index in [-0.39, 0.29) is 0 Å². The Morgan fingerprint density at radius 1 is 0.327 bits per heavy atom. The van der Waals surface area contributed by atoms with Gasteiger partial charge >= 0.3 is 0 Å². The zero-order chi connectivity index (χ0) is 36.3. The van der Waals surface area contributed by atoms with Gasteiger partial charge in [-0.15, -0.1) is 0 Å². The Kier molecular flexibility index (Phi) is 7.17. The normalized spacial score (nSPS) is 11.6. The van der Waals surface area contributed by atoms with Crippen molar-refractivity contribution in [3.63, 3.8) is 0 Å². The van der Waals surface area contributed by atoms with Crippen LogP contribution in [0, 0.1) is 0 Å². The summed E-state index contributed by atoms with van der Waals surface area (Å²) in [6.07, 6.45) is 0. The van der Waals surface area contributed by atoms with Gasteiger partial charge < -0.3 is 4.42 Å². The van der Waals surface area contributed by atoms with Crippen molar-refractivity contribution in [1.82, 2.24) is 9.97 Å². The van der Waals surface area contributed by atoms with Crippen LogP contribution >= 0.6 is 0 Å². The molecule has 0 aliphatic heterocycles. The standard InChI is InChI=1S/C52H32N2O/c1-2-12-33(13-3-1)34-24-26-36(27-25-34)47-32-48(39-17-10-16-37(30-39)42-21-11-22-45-43-20-8-9-23-49(43)55-51(42)45)54-52(53-47)50-41-19-7-5-15-38(41)31-46-40-18-6-4-14-35(40)28-29-44(46)50/h1-32H. The highest BCUT2D eigenvalue weighted by atomic mass is 16.3. The van der Waals surface area contributed by atoms with Crippen molar-refractivity contribution in [2.75, 3.05) is 0 Å². The van der Waals surface area contributed by atoms with Crippen LogP contribution in [0.4, 0.5) is 0 Å². The number of nitrogens with zero attached hydrogens (tertiary/aromatic N) is 2. The van der Waals surface area contributed by atoms with Crippen molar-refractivity contribution >= 4 is 54.3 Å². The quantitative estimate of drug-likeness (QED) is 0.133. The lowest BCUT2D eigenvalue weighted by atomic mass is 9.92. The minimum absolute atomic E-state index is 0.696. The van der Waals surface area contributed by atoms with Crippen molar-refractivity contribution in [3.05, 3.63) is 194 Å². The third-order valence-electron chi connectivity index (χ3n) is 10.9. The maximum absolute atomic E-state index is 6.47. The molecule has 0 aliphatic rings. The van der Waals surface area contributed by atoms with Crippen LogP contribution < -0.4 is 0 Å². The Labute approximate surface area is 317 Å². The molecule has 0 aliphatic carbocycles. The van der Waals surface area contributed by atoms with E-state index in [0.29, 0.717) is 5.82 Å². The third kappa shape index (κ3) is 5.28. The predicted molar refractivity (Wildman–Crippen MR) is 229 cm³/mol. The van der Waals surface area contributed by atoms with E-state index in [1.165, 1.54) is 27.3 Å². The molecule has 2 heterocycles. The van der Waals surface area contributed by atoms with E-state index >= 15 is 0 Å². The summed E-state index contributed by atoms with van der Waals surface area (Å²) in [5, 5.41) is 9.26.